The normalized spacial score (nSPS) is 23.3. The highest BCUT2D eigenvalue weighted by atomic mass is 16.6. The number of hydrogen-bond donors (Lipinski definition) is 1. The van der Waals surface area contributed by atoms with Gasteiger partial charge in [-0.1, -0.05) is 6.42 Å². The largest absolute Gasteiger partial charge is 0.312 e. The molecule has 6 nitrogen and oxygen atoms in total. The van der Waals surface area contributed by atoms with Gasteiger partial charge in [-0.3, -0.25) is 14.9 Å². The lowest BCUT2D eigenvalue weighted by molar-refractivity contribution is -0.384. The van der Waals surface area contributed by atoms with Crippen molar-refractivity contribution in [2.24, 2.45) is 0 Å². The molecule has 0 amide bonds. The zero-order valence-corrected chi connectivity index (χ0v) is 11.7. The van der Waals surface area contributed by atoms with Crippen LogP contribution in [0.2, 0.25) is 0 Å². The molecule has 1 aromatic rings. The van der Waals surface area contributed by atoms with Crippen molar-refractivity contribution in [3.8, 4) is 0 Å². The minimum Gasteiger partial charge on any atom is -0.312 e. The molecule has 20 heavy (non-hydrogen) atoms. The lowest BCUT2D eigenvalue weighted by atomic mass is 10.00. The van der Waals surface area contributed by atoms with Crippen molar-refractivity contribution in [1.29, 1.82) is 0 Å². The number of nitro groups is 1. The van der Waals surface area contributed by atoms with E-state index >= 15 is 0 Å². The second-order valence-corrected chi connectivity index (χ2v) is 5.30. The van der Waals surface area contributed by atoms with Crippen LogP contribution in [-0.4, -0.2) is 28.3 Å². The average Bonchev–Trinajstić information content (AvgIpc) is 2.43. The lowest BCUT2D eigenvalue weighted by Crippen LogP contribution is -2.47. The number of nitro benzene ring substituents is 1. The Morgan fingerprint density at radius 1 is 1.35 bits per heavy atom. The van der Waals surface area contributed by atoms with Gasteiger partial charge in [-0.2, -0.15) is 0 Å². The molecule has 2 unspecified atom stereocenters. The second-order valence-electron chi connectivity index (χ2n) is 5.30. The lowest BCUT2D eigenvalue weighted by Gasteiger charge is -2.39. The zero-order valence-electron chi connectivity index (χ0n) is 11.7. The van der Waals surface area contributed by atoms with Crippen molar-refractivity contribution >= 4 is 17.7 Å². The number of carbonyl (C=O) groups is 1. The maximum atomic E-state index is 11.1. The summed E-state index contributed by atoms with van der Waals surface area (Å²) in [7, 11) is 0. The molecule has 1 heterocycles. The van der Waals surface area contributed by atoms with Crippen LogP contribution in [0, 0.1) is 10.1 Å². The second kappa shape index (κ2) is 6.00. The molecule has 6 heteroatoms. The minimum absolute atomic E-state index is 0.0698. The summed E-state index contributed by atoms with van der Waals surface area (Å²) < 4.78 is 0. The molecule has 2 atom stereocenters. The Bertz CT molecular complexity index is 508. The van der Waals surface area contributed by atoms with E-state index in [1.54, 1.807) is 12.1 Å². The number of rotatable bonds is 4. The molecule has 108 valence electrons. The van der Waals surface area contributed by atoms with Crippen molar-refractivity contribution in [1.82, 2.24) is 5.01 Å². The summed E-state index contributed by atoms with van der Waals surface area (Å²) in [6.45, 7) is 4.21. The summed E-state index contributed by atoms with van der Waals surface area (Å²) in [5.41, 5.74) is 3.83. The van der Waals surface area contributed by atoms with Crippen LogP contribution in [0.3, 0.4) is 0 Å². The first-order chi connectivity index (χ1) is 9.52. The highest BCUT2D eigenvalue weighted by molar-refractivity contribution is 5.79. The first-order valence-corrected chi connectivity index (χ1v) is 6.81. The number of benzene rings is 1. The fraction of sp³-hybridized carbons (Fsp3) is 0.500. The van der Waals surface area contributed by atoms with Crippen LogP contribution in [0.5, 0.6) is 0 Å². The van der Waals surface area contributed by atoms with Crippen LogP contribution >= 0.6 is 0 Å². The predicted octanol–water partition coefficient (Wildman–Crippen LogP) is 3.00. The molecular formula is C14H19N3O3. The maximum Gasteiger partial charge on any atom is 0.294 e. The Morgan fingerprint density at radius 3 is 2.55 bits per heavy atom. The average molecular weight is 277 g/mol. The van der Waals surface area contributed by atoms with E-state index in [1.807, 2.05) is 0 Å². The topological polar surface area (TPSA) is 75.5 Å². The summed E-state index contributed by atoms with van der Waals surface area (Å²) in [6.07, 6.45) is 3.92. The summed E-state index contributed by atoms with van der Waals surface area (Å²) in [4.78, 5) is 21.4. The van der Waals surface area contributed by atoms with Gasteiger partial charge in [-0.05, 0) is 38.8 Å². The van der Waals surface area contributed by atoms with Crippen LogP contribution in [0.25, 0.3) is 0 Å². The Labute approximate surface area is 117 Å². The zero-order chi connectivity index (χ0) is 14.7. The molecule has 1 saturated heterocycles. The molecule has 0 radical (unpaired) electrons. The number of nitrogens with zero attached hydrogens (tertiary/aromatic N) is 2. The van der Waals surface area contributed by atoms with Gasteiger partial charge in [-0.25, -0.2) is 5.01 Å². The van der Waals surface area contributed by atoms with Gasteiger partial charge >= 0.3 is 0 Å². The third kappa shape index (κ3) is 2.96. The fourth-order valence-electron chi connectivity index (χ4n) is 2.65. The van der Waals surface area contributed by atoms with Gasteiger partial charge in [0.05, 0.1) is 4.92 Å². The van der Waals surface area contributed by atoms with Gasteiger partial charge < -0.3 is 5.43 Å². The molecule has 1 aliphatic heterocycles. The summed E-state index contributed by atoms with van der Waals surface area (Å²) in [5.74, 6) is 0. The van der Waals surface area contributed by atoms with Gasteiger partial charge in [-0.15, -0.1) is 0 Å². The quantitative estimate of drug-likeness (QED) is 0.520. The number of aldehydes is 1. The van der Waals surface area contributed by atoms with Crippen molar-refractivity contribution in [2.75, 3.05) is 5.43 Å². The van der Waals surface area contributed by atoms with E-state index in [9.17, 15) is 14.9 Å². The first-order valence-electron chi connectivity index (χ1n) is 6.81. The molecule has 1 fully saturated rings. The first kappa shape index (κ1) is 14.5. The number of hydrogen-bond acceptors (Lipinski definition) is 5. The van der Waals surface area contributed by atoms with Crippen molar-refractivity contribution in [2.45, 2.75) is 45.2 Å². The van der Waals surface area contributed by atoms with Crippen LogP contribution in [-0.2, 0) is 0 Å². The number of nitrogens with one attached hydrogen (secondary N) is 1. The van der Waals surface area contributed by atoms with Gasteiger partial charge in [0.2, 0.25) is 0 Å². The molecule has 0 bridgehead atoms. The Hall–Kier alpha value is -1.95. The standard InChI is InChI=1S/C14H19N3O3/c1-10-4-3-5-11(2)16(10)15-13-7-6-12(9-18)8-14(13)17(19)20/h6-11,15H,3-5H2,1-2H3. The monoisotopic (exact) mass is 277 g/mol. The Balaban J connectivity index is 2.28. The molecular weight excluding hydrogens is 258 g/mol. The van der Waals surface area contributed by atoms with E-state index in [0.29, 0.717) is 29.6 Å². The van der Waals surface area contributed by atoms with Gasteiger partial charge in [0, 0.05) is 23.7 Å². The van der Waals surface area contributed by atoms with Gasteiger partial charge in [0.1, 0.15) is 12.0 Å². The highest BCUT2D eigenvalue weighted by Gasteiger charge is 2.26. The maximum absolute atomic E-state index is 11.1. The van der Waals surface area contributed by atoms with Crippen LogP contribution in [0.4, 0.5) is 11.4 Å². The molecule has 2 rings (SSSR count). The van der Waals surface area contributed by atoms with E-state index in [0.717, 1.165) is 12.8 Å². The minimum atomic E-state index is -0.464. The summed E-state index contributed by atoms with van der Waals surface area (Å²) in [6, 6.07) is 5.12. The van der Waals surface area contributed by atoms with E-state index < -0.39 is 4.92 Å². The van der Waals surface area contributed by atoms with Crippen LogP contribution in [0.1, 0.15) is 43.5 Å². The molecule has 0 aromatic heterocycles. The SMILES string of the molecule is CC1CCCC(C)N1Nc1ccc(C=O)cc1[N+](=O)[O-]. The van der Waals surface area contributed by atoms with E-state index in [1.165, 1.54) is 12.5 Å². The van der Waals surface area contributed by atoms with E-state index in [-0.39, 0.29) is 5.69 Å². The van der Waals surface area contributed by atoms with Crippen molar-refractivity contribution < 1.29 is 9.72 Å². The van der Waals surface area contributed by atoms with Crippen LogP contribution in [0.15, 0.2) is 18.2 Å². The van der Waals surface area contributed by atoms with E-state index in [2.05, 4.69) is 24.3 Å². The molecule has 0 saturated carbocycles. The van der Waals surface area contributed by atoms with E-state index in [4.69, 9.17) is 0 Å². The molecule has 1 aliphatic rings. The van der Waals surface area contributed by atoms with Crippen molar-refractivity contribution in [3.63, 3.8) is 0 Å². The fourth-order valence-corrected chi connectivity index (χ4v) is 2.65. The number of carbonyl (C=O) groups excluding carboxylic acids is 1. The number of anilines is 1. The van der Waals surface area contributed by atoms with Crippen molar-refractivity contribution in [3.05, 3.63) is 33.9 Å². The predicted molar refractivity (Wildman–Crippen MR) is 76.7 cm³/mol. The number of hydrazine groups is 1. The van der Waals surface area contributed by atoms with Gasteiger partial charge in [0.25, 0.3) is 5.69 Å². The summed E-state index contributed by atoms with van der Waals surface area (Å²) in [5, 5.41) is 13.2. The summed E-state index contributed by atoms with van der Waals surface area (Å²) >= 11 is 0. The smallest absolute Gasteiger partial charge is 0.294 e. The molecule has 0 aliphatic carbocycles. The van der Waals surface area contributed by atoms with Gasteiger partial charge in [0.15, 0.2) is 0 Å². The molecule has 0 spiro atoms. The third-order valence-corrected chi connectivity index (χ3v) is 3.80. The molecule has 1 N–H and O–H groups in total. The number of piperidine rings is 1. The van der Waals surface area contributed by atoms with Crippen LogP contribution < -0.4 is 5.43 Å². The Kier molecular flexibility index (Phi) is 4.34. The third-order valence-electron chi connectivity index (χ3n) is 3.80. The highest BCUT2D eigenvalue weighted by Crippen LogP contribution is 2.29. The Morgan fingerprint density at radius 2 is 2.00 bits per heavy atom. The molecule has 1 aromatic carbocycles.